The van der Waals surface area contributed by atoms with Crippen LogP contribution in [0.15, 0.2) is 42.5 Å². The Morgan fingerprint density at radius 3 is 2.69 bits per heavy atom. The third kappa shape index (κ3) is 2.87. The molecular formula is C12H9Cl2NO. The largest absolute Gasteiger partial charge is 0.439 e. The molecule has 0 N–H and O–H groups in total. The summed E-state index contributed by atoms with van der Waals surface area (Å²) in [4.78, 5) is 4.22. The van der Waals surface area contributed by atoms with Gasteiger partial charge in [-0.2, -0.15) is 0 Å². The molecule has 1 heterocycles. The maximum Gasteiger partial charge on any atom is 0.219 e. The molecule has 82 valence electrons. The monoisotopic (exact) mass is 253 g/mol. The summed E-state index contributed by atoms with van der Waals surface area (Å²) in [7, 11) is 0. The van der Waals surface area contributed by atoms with E-state index in [1.807, 2.05) is 24.3 Å². The summed E-state index contributed by atoms with van der Waals surface area (Å²) in [6.45, 7) is 0. The highest BCUT2D eigenvalue weighted by Gasteiger charge is 2.00. The van der Waals surface area contributed by atoms with Crippen molar-refractivity contribution in [2.75, 3.05) is 0 Å². The van der Waals surface area contributed by atoms with Crippen LogP contribution >= 0.6 is 23.2 Å². The highest BCUT2D eigenvalue weighted by molar-refractivity contribution is 6.30. The quantitative estimate of drug-likeness (QED) is 0.763. The van der Waals surface area contributed by atoms with E-state index in [9.17, 15) is 0 Å². The van der Waals surface area contributed by atoms with E-state index in [4.69, 9.17) is 27.9 Å². The fraction of sp³-hybridized carbons (Fsp3) is 0.0833. The van der Waals surface area contributed by atoms with Crippen LogP contribution in [-0.4, -0.2) is 4.98 Å². The van der Waals surface area contributed by atoms with Gasteiger partial charge in [-0.3, -0.25) is 0 Å². The Bertz CT molecular complexity index is 488. The van der Waals surface area contributed by atoms with Crippen molar-refractivity contribution in [3.05, 3.63) is 53.2 Å². The van der Waals surface area contributed by atoms with Crippen molar-refractivity contribution in [1.82, 2.24) is 4.98 Å². The first-order valence-electron chi connectivity index (χ1n) is 4.73. The first kappa shape index (κ1) is 11.2. The van der Waals surface area contributed by atoms with Gasteiger partial charge in [-0.05, 0) is 24.3 Å². The lowest BCUT2D eigenvalue weighted by atomic mass is 10.3. The van der Waals surface area contributed by atoms with Crippen LogP contribution in [0, 0.1) is 0 Å². The number of halogens is 2. The van der Waals surface area contributed by atoms with E-state index in [-0.39, 0.29) is 0 Å². The molecule has 4 heteroatoms. The van der Waals surface area contributed by atoms with E-state index in [2.05, 4.69) is 4.98 Å². The minimum Gasteiger partial charge on any atom is -0.439 e. The molecule has 0 bridgehead atoms. The van der Waals surface area contributed by atoms with Gasteiger partial charge in [-0.25, -0.2) is 4.98 Å². The lowest BCUT2D eigenvalue weighted by Gasteiger charge is -2.05. The first-order valence-corrected chi connectivity index (χ1v) is 5.64. The maximum absolute atomic E-state index is 5.85. The highest BCUT2D eigenvalue weighted by atomic mass is 35.5. The predicted octanol–water partition coefficient (Wildman–Crippen LogP) is 4.27. The Labute approximate surface area is 104 Å². The molecule has 0 fully saturated rings. The third-order valence-corrected chi connectivity index (χ3v) is 2.45. The number of hydrogen-bond donors (Lipinski definition) is 0. The molecule has 0 aliphatic rings. The van der Waals surface area contributed by atoms with Crippen molar-refractivity contribution in [3.63, 3.8) is 0 Å². The molecule has 0 aliphatic heterocycles. The lowest BCUT2D eigenvalue weighted by molar-refractivity contribution is 0.461. The van der Waals surface area contributed by atoms with Crippen LogP contribution in [0.2, 0.25) is 5.02 Å². The minimum absolute atomic E-state index is 0.368. The Hall–Kier alpha value is -1.25. The van der Waals surface area contributed by atoms with Crippen LogP contribution in [0.1, 0.15) is 5.69 Å². The van der Waals surface area contributed by atoms with Crippen LogP contribution < -0.4 is 4.74 Å². The number of aromatic nitrogens is 1. The average molecular weight is 254 g/mol. The zero-order chi connectivity index (χ0) is 11.4. The van der Waals surface area contributed by atoms with Crippen LogP contribution in [0.25, 0.3) is 0 Å². The molecule has 0 saturated heterocycles. The molecule has 0 unspecified atom stereocenters. The zero-order valence-corrected chi connectivity index (χ0v) is 9.87. The van der Waals surface area contributed by atoms with Gasteiger partial charge in [-0.1, -0.05) is 23.7 Å². The Morgan fingerprint density at radius 2 is 1.94 bits per heavy atom. The van der Waals surface area contributed by atoms with Gasteiger partial charge in [0.1, 0.15) is 5.75 Å². The molecule has 2 nitrogen and oxygen atoms in total. The summed E-state index contributed by atoms with van der Waals surface area (Å²) in [5.41, 5.74) is 0.779. The summed E-state index contributed by atoms with van der Waals surface area (Å²) in [6, 6.07) is 12.6. The van der Waals surface area contributed by atoms with E-state index >= 15 is 0 Å². The number of benzene rings is 1. The Balaban J connectivity index is 2.20. The summed E-state index contributed by atoms with van der Waals surface area (Å²) in [5, 5.41) is 0.631. The Morgan fingerprint density at radius 1 is 1.12 bits per heavy atom. The highest BCUT2D eigenvalue weighted by Crippen LogP contribution is 2.22. The molecule has 0 spiro atoms. The topological polar surface area (TPSA) is 22.1 Å². The third-order valence-electron chi connectivity index (χ3n) is 1.94. The molecule has 16 heavy (non-hydrogen) atoms. The van der Waals surface area contributed by atoms with Gasteiger partial charge in [0.25, 0.3) is 0 Å². The summed E-state index contributed by atoms with van der Waals surface area (Å²) in [6.07, 6.45) is 0. The van der Waals surface area contributed by atoms with E-state index in [0.29, 0.717) is 22.5 Å². The maximum atomic E-state index is 5.85. The first-order chi connectivity index (χ1) is 7.78. The standard InChI is InChI=1S/C12H9Cl2NO/c13-8-10-4-2-6-12(15-10)16-11-5-1-3-9(14)7-11/h1-7H,8H2. The molecule has 2 rings (SSSR count). The van der Waals surface area contributed by atoms with Crippen molar-refractivity contribution >= 4 is 23.2 Å². The molecule has 0 saturated carbocycles. The van der Waals surface area contributed by atoms with Gasteiger partial charge in [0.05, 0.1) is 11.6 Å². The minimum atomic E-state index is 0.368. The zero-order valence-electron chi connectivity index (χ0n) is 8.36. The second-order valence-corrected chi connectivity index (χ2v) is 3.86. The van der Waals surface area contributed by atoms with Crippen molar-refractivity contribution in [2.24, 2.45) is 0 Å². The molecule has 1 aromatic heterocycles. The fourth-order valence-corrected chi connectivity index (χ4v) is 1.57. The number of pyridine rings is 1. The second kappa shape index (κ2) is 5.19. The molecule has 2 aromatic rings. The van der Waals surface area contributed by atoms with Gasteiger partial charge in [-0.15, -0.1) is 11.6 Å². The molecule has 0 radical (unpaired) electrons. The number of nitrogens with zero attached hydrogens (tertiary/aromatic N) is 1. The normalized spacial score (nSPS) is 10.1. The Kier molecular flexibility index (Phi) is 3.65. The van der Waals surface area contributed by atoms with Gasteiger partial charge in [0.15, 0.2) is 0 Å². The van der Waals surface area contributed by atoms with E-state index < -0.39 is 0 Å². The van der Waals surface area contributed by atoms with Crippen LogP contribution in [0.5, 0.6) is 11.6 Å². The number of hydrogen-bond acceptors (Lipinski definition) is 2. The molecule has 0 amide bonds. The summed E-state index contributed by atoms with van der Waals surface area (Å²) in [5.74, 6) is 1.54. The van der Waals surface area contributed by atoms with Crippen molar-refractivity contribution in [3.8, 4) is 11.6 Å². The molecular weight excluding hydrogens is 245 g/mol. The van der Waals surface area contributed by atoms with Crippen LogP contribution in [-0.2, 0) is 5.88 Å². The van der Waals surface area contributed by atoms with Gasteiger partial charge in [0, 0.05) is 11.1 Å². The van der Waals surface area contributed by atoms with Crippen molar-refractivity contribution in [1.29, 1.82) is 0 Å². The SMILES string of the molecule is ClCc1cccc(Oc2cccc(Cl)c2)n1. The lowest BCUT2D eigenvalue weighted by Crippen LogP contribution is -1.90. The van der Waals surface area contributed by atoms with Crippen LogP contribution in [0.3, 0.4) is 0 Å². The predicted molar refractivity (Wildman–Crippen MR) is 65.3 cm³/mol. The molecule has 0 aliphatic carbocycles. The van der Waals surface area contributed by atoms with E-state index in [1.165, 1.54) is 0 Å². The second-order valence-electron chi connectivity index (χ2n) is 3.16. The summed E-state index contributed by atoms with van der Waals surface area (Å²) >= 11 is 11.5. The van der Waals surface area contributed by atoms with Gasteiger partial charge >= 0.3 is 0 Å². The number of alkyl halides is 1. The summed E-state index contributed by atoms with van der Waals surface area (Å²) < 4.78 is 5.55. The van der Waals surface area contributed by atoms with Crippen molar-refractivity contribution < 1.29 is 4.74 Å². The van der Waals surface area contributed by atoms with Crippen LogP contribution in [0.4, 0.5) is 0 Å². The molecule has 0 atom stereocenters. The number of rotatable bonds is 3. The average Bonchev–Trinajstić information content (AvgIpc) is 2.29. The van der Waals surface area contributed by atoms with E-state index in [0.717, 1.165) is 5.69 Å². The van der Waals surface area contributed by atoms with Gasteiger partial charge in [0.2, 0.25) is 5.88 Å². The molecule has 1 aromatic carbocycles. The van der Waals surface area contributed by atoms with Gasteiger partial charge < -0.3 is 4.74 Å². The fourth-order valence-electron chi connectivity index (χ4n) is 1.24. The smallest absolute Gasteiger partial charge is 0.219 e. The number of ether oxygens (including phenoxy) is 1. The van der Waals surface area contributed by atoms with E-state index in [1.54, 1.807) is 18.2 Å². The van der Waals surface area contributed by atoms with Crippen molar-refractivity contribution in [2.45, 2.75) is 5.88 Å².